The second kappa shape index (κ2) is 10.0. The fourth-order valence-corrected chi connectivity index (χ4v) is 3.21. The maximum Gasteiger partial charge on any atom is 0.317 e. The molecule has 26 heavy (non-hydrogen) atoms. The first-order chi connectivity index (χ1) is 12.6. The van der Waals surface area contributed by atoms with Gasteiger partial charge in [0.1, 0.15) is 5.75 Å². The fourth-order valence-electron chi connectivity index (χ4n) is 3.21. The Labute approximate surface area is 156 Å². The van der Waals surface area contributed by atoms with Crippen molar-refractivity contribution in [2.45, 2.75) is 46.1 Å². The number of benzene rings is 1. The third kappa shape index (κ3) is 5.64. The highest BCUT2D eigenvalue weighted by atomic mass is 16.5. The molecule has 6 heteroatoms. The third-order valence-electron chi connectivity index (χ3n) is 4.82. The molecule has 0 saturated carbocycles. The summed E-state index contributed by atoms with van der Waals surface area (Å²) in [7, 11) is 0. The minimum Gasteiger partial charge on any atom is -0.494 e. The van der Waals surface area contributed by atoms with Gasteiger partial charge in [0.05, 0.1) is 13.0 Å². The van der Waals surface area contributed by atoms with Crippen LogP contribution >= 0.6 is 0 Å². The molecule has 0 spiro atoms. The van der Waals surface area contributed by atoms with Crippen molar-refractivity contribution in [1.29, 1.82) is 0 Å². The van der Waals surface area contributed by atoms with E-state index in [0.29, 0.717) is 39.2 Å². The van der Waals surface area contributed by atoms with Gasteiger partial charge in [0.2, 0.25) is 5.91 Å². The minimum atomic E-state index is -0.00540. The molecule has 6 nitrogen and oxygen atoms in total. The van der Waals surface area contributed by atoms with Gasteiger partial charge in [0.15, 0.2) is 0 Å². The molecule has 0 radical (unpaired) electrons. The number of likely N-dealkylation sites (tertiary alicyclic amines) is 1. The maximum atomic E-state index is 12.5. The highest BCUT2D eigenvalue weighted by Crippen LogP contribution is 2.15. The van der Waals surface area contributed by atoms with Gasteiger partial charge < -0.3 is 19.9 Å². The zero-order valence-electron chi connectivity index (χ0n) is 16.2. The van der Waals surface area contributed by atoms with Gasteiger partial charge in [-0.2, -0.15) is 0 Å². The summed E-state index contributed by atoms with van der Waals surface area (Å²) in [6.45, 7) is 9.35. The number of ether oxygens (including phenoxy) is 1. The summed E-state index contributed by atoms with van der Waals surface area (Å²) in [5.74, 6) is 0.969. The van der Waals surface area contributed by atoms with Crippen molar-refractivity contribution in [1.82, 2.24) is 15.1 Å². The summed E-state index contributed by atoms with van der Waals surface area (Å²) < 4.78 is 5.43. The van der Waals surface area contributed by atoms with Crippen LogP contribution in [0, 0.1) is 0 Å². The van der Waals surface area contributed by atoms with Gasteiger partial charge in [0.25, 0.3) is 0 Å². The summed E-state index contributed by atoms with van der Waals surface area (Å²) in [6.07, 6.45) is 2.02. The fraction of sp³-hybridized carbons (Fsp3) is 0.600. The lowest BCUT2D eigenvalue weighted by Gasteiger charge is -2.33. The number of nitrogens with one attached hydrogen (secondary N) is 1. The van der Waals surface area contributed by atoms with Crippen LogP contribution in [0.25, 0.3) is 0 Å². The maximum absolute atomic E-state index is 12.5. The van der Waals surface area contributed by atoms with Gasteiger partial charge >= 0.3 is 6.03 Å². The molecule has 1 aromatic carbocycles. The van der Waals surface area contributed by atoms with Crippen LogP contribution in [0.2, 0.25) is 0 Å². The van der Waals surface area contributed by atoms with Crippen molar-refractivity contribution in [3.8, 4) is 5.75 Å². The first-order valence-electron chi connectivity index (χ1n) is 9.62. The van der Waals surface area contributed by atoms with E-state index < -0.39 is 0 Å². The molecule has 0 unspecified atom stereocenters. The molecule has 144 valence electrons. The number of rotatable bonds is 7. The Hall–Kier alpha value is -2.24. The predicted molar refractivity (Wildman–Crippen MR) is 102 cm³/mol. The van der Waals surface area contributed by atoms with Gasteiger partial charge in [-0.25, -0.2) is 4.79 Å². The van der Waals surface area contributed by atoms with Crippen molar-refractivity contribution in [2.24, 2.45) is 0 Å². The predicted octanol–water partition coefficient (Wildman–Crippen LogP) is 2.67. The molecule has 2 rings (SSSR count). The number of amides is 3. The summed E-state index contributed by atoms with van der Waals surface area (Å²) >= 11 is 0. The van der Waals surface area contributed by atoms with Gasteiger partial charge in [-0.3, -0.25) is 4.79 Å². The standard InChI is InChI=1S/C20H31N3O3/c1-4-22(5-2)20(25)21-17-11-13-23(14-12-17)19(24)15-16-7-9-18(10-8-16)26-6-3/h7-10,17H,4-6,11-15H2,1-3H3,(H,21,25). The second-order valence-corrected chi connectivity index (χ2v) is 6.53. The van der Waals surface area contributed by atoms with Crippen molar-refractivity contribution >= 4 is 11.9 Å². The molecule has 0 aromatic heterocycles. The Balaban J connectivity index is 1.78. The van der Waals surface area contributed by atoms with E-state index in [4.69, 9.17) is 4.74 Å². The van der Waals surface area contributed by atoms with Gasteiger partial charge in [-0.1, -0.05) is 12.1 Å². The topological polar surface area (TPSA) is 61.9 Å². The monoisotopic (exact) mass is 361 g/mol. The molecule has 0 atom stereocenters. The number of urea groups is 1. The molecular formula is C20H31N3O3. The van der Waals surface area contributed by atoms with Crippen molar-refractivity contribution in [3.63, 3.8) is 0 Å². The summed E-state index contributed by atoms with van der Waals surface area (Å²) in [5.41, 5.74) is 0.996. The number of piperidine rings is 1. The Morgan fingerprint density at radius 2 is 1.73 bits per heavy atom. The van der Waals surface area contributed by atoms with Gasteiger partial charge in [0, 0.05) is 32.2 Å². The highest BCUT2D eigenvalue weighted by Gasteiger charge is 2.24. The van der Waals surface area contributed by atoms with E-state index in [0.717, 1.165) is 24.2 Å². The average Bonchev–Trinajstić information content (AvgIpc) is 2.65. The zero-order valence-corrected chi connectivity index (χ0v) is 16.2. The quantitative estimate of drug-likeness (QED) is 0.812. The lowest BCUT2D eigenvalue weighted by Crippen LogP contribution is -2.50. The van der Waals surface area contributed by atoms with E-state index >= 15 is 0 Å². The Bertz CT molecular complexity index is 576. The first kappa shape index (κ1) is 20.1. The normalized spacial score (nSPS) is 14.8. The molecule has 1 N–H and O–H groups in total. The molecule has 3 amide bonds. The van der Waals surface area contributed by atoms with Crippen LogP contribution in [-0.2, 0) is 11.2 Å². The molecule has 0 aliphatic carbocycles. The summed E-state index contributed by atoms with van der Waals surface area (Å²) in [5, 5.41) is 3.08. The third-order valence-corrected chi connectivity index (χ3v) is 4.82. The highest BCUT2D eigenvalue weighted by molar-refractivity contribution is 5.79. The Kier molecular flexibility index (Phi) is 7.75. The lowest BCUT2D eigenvalue weighted by atomic mass is 10.0. The van der Waals surface area contributed by atoms with Crippen LogP contribution in [0.4, 0.5) is 4.79 Å². The van der Waals surface area contributed by atoms with Crippen LogP contribution in [0.5, 0.6) is 5.75 Å². The Morgan fingerprint density at radius 3 is 2.27 bits per heavy atom. The molecular weight excluding hydrogens is 330 g/mol. The summed E-state index contributed by atoms with van der Waals surface area (Å²) in [6, 6.07) is 7.84. The zero-order chi connectivity index (χ0) is 18.9. The van der Waals surface area contributed by atoms with E-state index in [1.54, 1.807) is 4.90 Å². The van der Waals surface area contributed by atoms with Crippen molar-refractivity contribution in [2.75, 3.05) is 32.8 Å². The average molecular weight is 361 g/mol. The number of carbonyl (C=O) groups excluding carboxylic acids is 2. The number of hydrogen-bond donors (Lipinski definition) is 1. The van der Waals surface area contributed by atoms with E-state index in [9.17, 15) is 9.59 Å². The molecule has 1 aliphatic rings. The van der Waals surface area contributed by atoms with E-state index in [1.807, 2.05) is 49.9 Å². The molecule has 1 fully saturated rings. The van der Waals surface area contributed by atoms with Crippen LogP contribution in [-0.4, -0.2) is 60.6 Å². The van der Waals surface area contributed by atoms with E-state index in [2.05, 4.69) is 5.32 Å². The minimum absolute atomic E-state index is 0.00540. The SMILES string of the molecule is CCOc1ccc(CC(=O)N2CCC(NC(=O)N(CC)CC)CC2)cc1. The van der Waals surface area contributed by atoms with E-state index in [1.165, 1.54) is 0 Å². The second-order valence-electron chi connectivity index (χ2n) is 6.53. The number of nitrogens with zero attached hydrogens (tertiary/aromatic N) is 2. The van der Waals surface area contributed by atoms with Crippen LogP contribution < -0.4 is 10.1 Å². The first-order valence-corrected chi connectivity index (χ1v) is 9.62. The molecule has 0 bridgehead atoms. The molecule has 1 saturated heterocycles. The number of carbonyl (C=O) groups is 2. The van der Waals surface area contributed by atoms with Crippen molar-refractivity contribution < 1.29 is 14.3 Å². The largest absolute Gasteiger partial charge is 0.494 e. The van der Waals surface area contributed by atoms with E-state index in [-0.39, 0.29) is 18.0 Å². The van der Waals surface area contributed by atoms with Gasteiger partial charge in [-0.05, 0) is 51.3 Å². The lowest BCUT2D eigenvalue weighted by molar-refractivity contribution is -0.131. The summed E-state index contributed by atoms with van der Waals surface area (Å²) in [4.78, 5) is 28.3. The van der Waals surface area contributed by atoms with Crippen molar-refractivity contribution in [3.05, 3.63) is 29.8 Å². The molecule has 1 heterocycles. The molecule has 1 aromatic rings. The van der Waals surface area contributed by atoms with Gasteiger partial charge in [-0.15, -0.1) is 0 Å². The van der Waals surface area contributed by atoms with Crippen LogP contribution in [0.3, 0.4) is 0 Å². The van der Waals surface area contributed by atoms with Crippen LogP contribution in [0.1, 0.15) is 39.2 Å². The Morgan fingerprint density at radius 1 is 1.12 bits per heavy atom. The smallest absolute Gasteiger partial charge is 0.317 e. The number of hydrogen-bond acceptors (Lipinski definition) is 3. The van der Waals surface area contributed by atoms with Crippen LogP contribution in [0.15, 0.2) is 24.3 Å². The molecule has 1 aliphatic heterocycles.